The molecule has 1 N–H and O–H groups in total. The summed E-state index contributed by atoms with van der Waals surface area (Å²) in [6.45, 7) is 6.21. The lowest BCUT2D eigenvalue weighted by Crippen LogP contribution is -2.11. The summed E-state index contributed by atoms with van der Waals surface area (Å²) in [6, 6.07) is 13.2. The molecule has 2 aromatic rings. The molecule has 0 radical (unpaired) electrons. The van der Waals surface area contributed by atoms with E-state index >= 15 is 0 Å². The largest absolute Gasteiger partial charge is 0.377 e. The van der Waals surface area contributed by atoms with Crippen molar-refractivity contribution >= 4 is 15.5 Å². The first-order valence-corrected chi connectivity index (χ1v) is 8.81. The molecule has 0 aromatic heterocycles. The number of para-hydroxylation sites is 1. The van der Waals surface area contributed by atoms with Crippen LogP contribution in [0.15, 0.2) is 47.4 Å². The van der Waals surface area contributed by atoms with Gasteiger partial charge in [0.25, 0.3) is 0 Å². The van der Waals surface area contributed by atoms with Crippen LogP contribution >= 0.6 is 0 Å². The molecule has 0 aliphatic rings. The van der Waals surface area contributed by atoms with E-state index in [2.05, 4.69) is 31.3 Å². The first-order valence-electron chi connectivity index (χ1n) is 6.92. The fourth-order valence-electron chi connectivity index (χ4n) is 2.46. The minimum absolute atomic E-state index is 0.0350. The van der Waals surface area contributed by atoms with Gasteiger partial charge in [-0.2, -0.15) is 0 Å². The zero-order valence-corrected chi connectivity index (χ0v) is 13.7. The summed E-state index contributed by atoms with van der Waals surface area (Å²) in [6.07, 6.45) is 1.23. The normalized spacial score (nSPS) is 13.0. The van der Waals surface area contributed by atoms with Gasteiger partial charge in [0.1, 0.15) is 0 Å². The minimum atomic E-state index is -3.24. The Morgan fingerprint density at radius 2 is 1.67 bits per heavy atom. The molecule has 2 rings (SSSR count). The van der Waals surface area contributed by atoms with Crippen LogP contribution in [0.1, 0.15) is 29.7 Å². The summed E-state index contributed by atoms with van der Waals surface area (Å²) >= 11 is 0. The van der Waals surface area contributed by atoms with Crippen molar-refractivity contribution in [2.45, 2.75) is 31.7 Å². The third-order valence-corrected chi connectivity index (χ3v) is 4.93. The van der Waals surface area contributed by atoms with Crippen molar-refractivity contribution in [3.05, 3.63) is 59.2 Å². The summed E-state index contributed by atoms with van der Waals surface area (Å²) in [5.74, 6) is 0. The number of anilines is 1. The van der Waals surface area contributed by atoms with Gasteiger partial charge in [-0.05, 0) is 49.6 Å². The van der Waals surface area contributed by atoms with Crippen molar-refractivity contribution in [2.75, 3.05) is 11.6 Å². The number of benzene rings is 2. The van der Waals surface area contributed by atoms with Gasteiger partial charge in [0.15, 0.2) is 9.84 Å². The van der Waals surface area contributed by atoms with Gasteiger partial charge in [-0.25, -0.2) is 8.42 Å². The number of rotatable bonds is 4. The van der Waals surface area contributed by atoms with Gasteiger partial charge in [-0.15, -0.1) is 0 Å². The second-order valence-electron chi connectivity index (χ2n) is 5.42. The fraction of sp³-hybridized carbons (Fsp3) is 0.294. The Morgan fingerprint density at radius 1 is 1.00 bits per heavy atom. The predicted molar refractivity (Wildman–Crippen MR) is 87.5 cm³/mol. The van der Waals surface area contributed by atoms with E-state index in [1.54, 1.807) is 18.2 Å². The van der Waals surface area contributed by atoms with Crippen molar-refractivity contribution in [3.8, 4) is 0 Å². The average Bonchev–Trinajstić information content (AvgIpc) is 2.41. The molecular weight excluding hydrogens is 282 g/mol. The molecule has 3 nitrogen and oxygen atoms in total. The fourth-order valence-corrected chi connectivity index (χ4v) is 3.32. The minimum Gasteiger partial charge on any atom is -0.377 e. The first kappa shape index (κ1) is 15.6. The molecule has 0 saturated heterocycles. The van der Waals surface area contributed by atoms with E-state index in [1.165, 1.54) is 22.9 Å². The second kappa shape index (κ2) is 5.90. The topological polar surface area (TPSA) is 46.2 Å². The Bertz CT molecular complexity index is 751. The summed E-state index contributed by atoms with van der Waals surface area (Å²) in [5, 5.41) is 3.32. The monoisotopic (exact) mass is 303 g/mol. The van der Waals surface area contributed by atoms with Crippen LogP contribution in [0.25, 0.3) is 0 Å². The van der Waals surface area contributed by atoms with Crippen LogP contribution in [0.3, 0.4) is 0 Å². The van der Waals surface area contributed by atoms with Gasteiger partial charge >= 0.3 is 0 Å². The summed E-state index contributed by atoms with van der Waals surface area (Å²) in [4.78, 5) is 0.335. The van der Waals surface area contributed by atoms with Crippen molar-refractivity contribution in [1.82, 2.24) is 0 Å². The van der Waals surface area contributed by atoms with Crippen LogP contribution in [0.4, 0.5) is 5.69 Å². The number of hydrogen-bond acceptors (Lipinski definition) is 3. The molecule has 4 heteroatoms. The van der Waals surface area contributed by atoms with Crippen LogP contribution in [-0.2, 0) is 9.84 Å². The van der Waals surface area contributed by atoms with Crippen molar-refractivity contribution in [2.24, 2.45) is 0 Å². The molecule has 0 heterocycles. The highest BCUT2D eigenvalue weighted by atomic mass is 32.2. The van der Waals surface area contributed by atoms with Gasteiger partial charge < -0.3 is 5.32 Å². The standard InChI is InChI=1S/C17H21NO2S/c1-12-8-7-9-15(13(12)2)14(3)18-16-10-5-6-11-17(16)21(4,19)20/h5-11,14,18H,1-4H3/t14-/m0/s1. The average molecular weight is 303 g/mol. The Morgan fingerprint density at radius 3 is 2.33 bits per heavy atom. The number of hydrogen-bond donors (Lipinski definition) is 1. The first-order chi connectivity index (χ1) is 9.80. The quantitative estimate of drug-likeness (QED) is 0.932. The maximum absolute atomic E-state index is 11.9. The molecular formula is C17H21NO2S. The summed E-state index contributed by atoms with van der Waals surface area (Å²) in [7, 11) is -3.24. The van der Waals surface area contributed by atoms with E-state index in [-0.39, 0.29) is 6.04 Å². The van der Waals surface area contributed by atoms with Crippen LogP contribution in [0.5, 0.6) is 0 Å². The number of nitrogens with one attached hydrogen (secondary N) is 1. The lowest BCUT2D eigenvalue weighted by atomic mass is 9.98. The molecule has 0 fully saturated rings. The van der Waals surface area contributed by atoms with Gasteiger partial charge in [0, 0.05) is 12.3 Å². The van der Waals surface area contributed by atoms with E-state index in [4.69, 9.17) is 0 Å². The summed E-state index contributed by atoms with van der Waals surface area (Å²) in [5.41, 5.74) is 4.29. The zero-order chi connectivity index (χ0) is 15.6. The maximum atomic E-state index is 11.9. The highest BCUT2D eigenvalue weighted by Gasteiger charge is 2.15. The highest BCUT2D eigenvalue weighted by molar-refractivity contribution is 7.90. The van der Waals surface area contributed by atoms with Crippen molar-refractivity contribution < 1.29 is 8.42 Å². The molecule has 0 saturated carbocycles. The predicted octanol–water partition coefficient (Wildman–Crippen LogP) is 3.88. The van der Waals surface area contributed by atoms with Crippen LogP contribution in [0.2, 0.25) is 0 Å². The Balaban J connectivity index is 2.37. The highest BCUT2D eigenvalue weighted by Crippen LogP contribution is 2.27. The molecule has 0 bridgehead atoms. The Labute approximate surface area is 126 Å². The Kier molecular flexibility index (Phi) is 4.37. The maximum Gasteiger partial charge on any atom is 0.177 e. The Hall–Kier alpha value is -1.81. The number of sulfone groups is 1. The van der Waals surface area contributed by atoms with Gasteiger partial charge in [0.2, 0.25) is 0 Å². The molecule has 0 aliphatic carbocycles. The van der Waals surface area contributed by atoms with Crippen molar-refractivity contribution in [3.63, 3.8) is 0 Å². The molecule has 2 aromatic carbocycles. The smallest absolute Gasteiger partial charge is 0.177 e. The molecule has 0 spiro atoms. The van der Waals surface area contributed by atoms with Crippen LogP contribution in [-0.4, -0.2) is 14.7 Å². The lowest BCUT2D eigenvalue weighted by Gasteiger charge is -2.20. The van der Waals surface area contributed by atoms with Crippen LogP contribution < -0.4 is 5.32 Å². The molecule has 0 aliphatic heterocycles. The van der Waals surface area contributed by atoms with E-state index in [1.807, 2.05) is 19.1 Å². The SMILES string of the molecule is Cc1cccc([C@H](C)Nc2ccccc2S(C)(=O)=O)c1C. The molecule has 112 valence electrons. The molecule has 0 amide bonds. The molecule has 0 unspecified atom stereocenters. The zero-order valence-electron chi connectivity index (χ0n) is 12.8. The summed E-state index contributed by atoms with van der Waals surface area (Å²) < 4.78 is 23.7. The van der Waals surface area contributed by atoms with Gasteiger partial charge in [0.05, 0.1) is 10.6 Å². The van der Waals surface area contributed by atoms with Crippen LogP contribution in [0, 0.1) is 13.8 Å². The van der Waals surface area contributed by atoms with E-state index < -0.39 is 9.84 Å². The van der Waals surface area contributed by atoms with E-state index in [0.29, 0.717) is 10.6 Å². The lowest BCUT2D eigenvalue weighted by molar-refractivity contribution is 0.602. The second-order valence-corrected chi connectivity index (χ2v) is 7.41. The molecule has 1 atom stereocenters. The van der Waals surface area contributed by atoms with Gasteiger partial charge in [-0.1, -0.05) is 30.3 Å². The number of aryl methyl sites for hydroxylation is 1. The van der Waals surface area contributed by atoms with Gasteiger partial charge in [-0.3, -0.25) is 0 Å². The van der Waals surface area contributed by atoms with E-state index in [9.17, 15) is 8.42 Å². The third kappa shape index (κ3) is 3.45. The molecule has 21 heavy (non-hydrogen) atoms. The third-order valence-electron chi connectivity index (χ3n) is 3.77. The van der Waals surface area contributed by atoms with E-state index in [0.717, 1.165) is 0 Å². The van der Waals surface area contributed by atoms with Crippen molar-refractivity contribution in [1.29, 1.82) is 0 Å².